The highest BCUT2D eigenvalue weighted by atomic mass is 32.2. The first-order chi connectivity index (χ1) is 16.3. The average Bonchev–Trinajstić information content (AvgIpc) is 3.31. The Hall–Kier alpha value is -3.86. The molecule has 0 spiro atoms. The Morgan fingerprint density at radius 3 is 2.74 bits per heavy atom. The summed E-state index contributed by atoms with van der Waals surface area (Å²) >= 11 is 0. The van der Waals surface area contributed by atoms with Crippen LogP contribution in [-0.4, -0.2) is 36.5 Å². The van der Waals surface area contributed by atoms with Crippen molar-refractivity contribution in [2.45, 2.75) is 18.4 Å². The van der Waals surface area contributed by atoms with Crippen LogP contribution in [0.3, 0.4) is 0 Å². The Balaban J connectivity index is 1.62. The number of anilines is 2. The fraction of sp³-hybridized carbons (Fsp3) is 0.174. The molecule has 0 radical (unpaired) electrons. The molecule has 8 nitrogen and oxygen atoms in total. The fourth-order valence-corrected chi connectivity index (χ4v) is 5.18. The second-order valence-electron chi connectivity index (χ2n) is 7.87. The minimum atomic E-state index is -4.35. The summed E-state index contributed by atoms with van der Waals surface area (Å²) in [5.74, 6) is -0.294. The van der Waals surface area contributed by atoms with Gasteiger partial charge in [-0.2, -0.15) is 4.98 Å². The van der Waals surface area contributed by atoms with E-state index in [-0.39, 0.29) is 5.69 Å². The molecule has 2 aromatic rings. The molecular formula is C23H20F2N6O2S. The summed E-state index contributed by atoms with van der Waals surface area (Å²) in [6.07, 6.45) is 1.70. The molecule has 0 aromatic heterocycles. The molecule has 5 rings (SSSR count). The first-order valence-corrected chi connectivity index (χ1v) is 11.9. The van der Waals surface area contributed by atoms with Crippen LogP contribution < -0.4 is 15.7 Å². The third-order valence-electron chi connectivity index (χ3n) is 5.65. The largest absolute Gasteiger partial charge is 0.369 e. The lowest BCUT2D eigenvalue weighted by molar-refractivity contribution is 0.555. The molecule has 11 heteroatoms. The van der Waals surface area contributed by atoms with Crippen LogP contribution in [0.15, 0.2) is 58.5 Å². The molecule has 0 saturated carbocycles. The predicted octanol–water partition coefficient (Wildman–Crippen LogP) is 3.39. The third-order valence-corrected chi connectivity index (χ3v) is 7.05. The molecule has 0 aliphatic carbocycles. The highest BCUT2D eigenvalue weighted by molar-refractivity contribution is 7.92. The second kappa shape index (κ2) is 8.17. The van der Waals surface area contributed by atoms with Crippen LogP contribution in [0.5, 0.6) is 0 Å². The van der Waals surface area contributed by atoms with E-state index < -0.39 is 26.6 Å². The van der Waals surface area contributed by atoms with Crippen LogP contribution in [0.4, 0.5) is 20.3 Å². The number of aromatic nitrogens is 3. The number of halogens is 2. The summed E-state index contributed by atoms with van der Waals surface area (Å²) < 4.78 is 57.6. The summed E-state index contributed by atoms with van der Waals surface area (Å²) in [4.78, 5) is 12.1. The maximum atomic E-state index is 14.1. The van der Waals surface area contributed by atoms with E-state index in [1.165, 1.54) is 0 Å². The molecule has 0 fully saturated rings. The fourth-order valence-electron chi connectivity index (χ4n) is 4.04. The molecule has 2 N–H and O–H groups in total. The van der Waals surface area contributed by atoms with E-state index in [2.05, 4.69) is 25.0 Å². The minimum Gasteiger partial charge on any atom is -0.369 e. The summed E-state index contributed by atoms with van der Waals surface area (Å²) in [5, 5.41) is 3.37. The number of fused-ring (bicyclic) bond motifs is 3. The lowest BCUT2D eigenvalue weighted by atomic mass is 9.98. The summed E-state index contributed by atoms with van der Waals surface area (Å²) in [7, 11) is -2.72. The van der Waals surface area contributed by atoms with Crippen molar-refractivity contribution in [2.24, 2.45) is 4.99 Å². The zero-order chi connectivity index (χ0) is 24.0. The van der Waals surface area contributed by atoms with Gasteiger partial charge in [0.15, 0.2) is 0 Å². The second-order valence-corrected chi connectivity index (χ2v) is 9.52. The molecule has 0 bridgehead atoms. The highest BCUT2D eigenvalue weighted by Gasteiger charge is 2.24. The summed E-state index contributed by atoms with van der Waals surface area (Å²) in [6.45, 7) is 3.31. The van der Waals surface area contributed by atoms with Gasteiger partial charge in [-0.25, -0.2) is 22.2 Å². The van der Waals surface area contributed by atoms with Crippen LogP contribution in [0.1, 0.15) is 5.56 Å². The number of sulfonamides is 1. The standard InChI is InChI=1S/C23H20F2N6O2S/c1-13-3-5-16(30-34(32,33)20-10-15(24)4-6-19(20)25)11-17(13)18-9-14-12-28-23(26-2)29-21(14)31-8-7-27-22(18)31/h3-6,9-12,27,30H,7-8H2,1-2H3. The van der Waals surface area contributed by atoms with E-state index in [1.807, 2.05) is 17.6 Å². The van der Waals surface area contributed by atoms with Gasteiger partial charge in [-0.3, -0.25) is 9.71 Å². The molecule has 3 aliphatic heterocycles. The van der Waals surface area contributed by atoms with Gasteiger partial charge >= 0.3 is 0 Å². The van der Waals surface area contributed by atoms with Gasteiger partial charge in [0.25, 0.3) is 10.0 Å². The molecule has 0 unspecified atom stereocenters. The van der Waals surface area contributed by atoms with E-state index in [4.69, 9.17) is 0 Å². The number of nitrogens with one attached hydrogen (secondary N) is 2. The number of nitrogens with zero attached hydrogens (tertiary/aromatic N) is 4. The lowest BCUT2D eigenvalue weighted by Gasteiger charge is -2.19. The molecule has 0 amide bonds. The Morgan fingerprint density at radius 1 is 1.12 bits per heavy atom. The van der Waals surface area contributed by atoms with Crippen molar-refractivity contribution in [3.05, 3.63) is 71.5 Å². The maximum absolute atomic E-state index is 14.1. The normalized spacial score (nSPS) is 13.7. The maximum Gasteiger partial charge on any atom is 0.264 e. The Labute approximate surface area is 194 Å². The van der Waals surface area contributed by atoms with Gasteiger partial charge in [0.1, 0.15) is 28.2 Å². The number of hydrogen-bond donors (Lipinski definition) is 2. The lowest BCUT2D eigenvalue weighted by Crippen LogP contribution is -2.17. The highest BCUT2D eigenvalue weighted by Crippen LogP contribution is 2.39. The van der Waals surface area contributed by atoms with Crippen LogP contribution in [0.2, 0.25) is 0 Å². The third kappa shape index (κ3) is 3.77. The van der Waals surface area contributed by atoms with Crippen LogP contribution in [0.25, 0.3) is 22.5 Å². The van der Waals surface area contributed by atoms with Gasteiger partial charge in [0, 0.05) is 43.1 Å². The van der Waals surface area contributed by atoms with E-state index in [0.29, 0.717) is 24.8 Å². The van der Waals surface area contributed by atoms with Crippen molar-refractivity contribution in [3.63, 3.8) is 0 Å². The minimum absolute atomic E-state index is 0.220. The average molecular weight is 483 g/mol. The molecule has 3 aliphatic rings. The monoisotopic (exact) mass is 482 g/mol. The van der Waals surface area contributed by atoms with Crippen LogP contribution in [-0.2, 0) is 16.6 Å². The van der Waals surface area contributed by atoms with Crippen molar-refractivity contribution < 1.29 is 17.2 Å². The quantitative estimate of drug-likeness (QED) is 0.464. The van der Waals surface area contributed by atoms with E-state index in [0.717, 1.165) is 46.0 Å². The molecule has 2 aromatic carbocycles. The smallest absolute Gasteiger partial charge is 0.264 e. The molecule has 0 saturated heterocycles. The number of aryl methyl sites for hydroxylation is 1. The van der Waals surface area contributed by atoms with Crippen molar-refractivity contribution >= 4 is 21.5 Å². The van der Waals surface area contributed by atoms with Crippen molar-refractivity contribution in [1.82, 2.24) is 14.5 Å². The number of rotatable bonds is 4. The van der Waals surface area contributed by atoms with Crippen molar-refractivity contribution in [2.75, 3.05) is 23.6 Å². The SMILES string of the molecule is CN=c1ncc2cc(-c3cc(NS(=O)(=O)c4cc(F)ccc4F)ccc3C)c3n(c-2n1)CCN3. The van der Waals surface area contributed by atoms with Gasteiger partial charge in [0.2, 0.25) is 5.62 Å². The molecular weight excluding hydrogens is 462 g/mol. The van der Waals surface area contributed by atoms with Crippen molar-refractivity contribution in [1.29, 1.82) is 0 Å². The van der Waals surface area contributed by atoms with Gasteiger partial charge in [-0.15, -0.1) is 0 Å². The topological polar surface area (TPSA) is 101 Å². The number of pyridine rings is 1. The first-order valence-electron chi connectivity index (χ1n) is 10.4. The van der Waals surface area contributed by atoms with E-state index in [1.54, 1.807) is 31.4 Å². The first kappa shape index (κ1) is 22.0. The Morgan fingerprint density at radius 2 is 1.94 bits per heavy atom. The number of benzene rings is 2. The molecule has 34 heavy (non-hydrogen) atoms. The van der Waals surface area contributed by atoms with Gasteiger partial charge in [0.05, 0.1) is 0 Å². The zero-order valence-corrected chi connectivity index (χ0v) is 19.1. The molecule has 174 valence electrons. The van der Waals surface area contributed by atoms with Crippen LogP contribution >= 0.6 is 0 Å². The Bertz CT molecular complexity index is 1580. The van der Waals surface area contributed by atoms with Gasteiger partial charge in [-0.1, -0.05) is 6.07 Å². The van der Waals surface area contributed by atoms with Crippen molar-refractivity contribution in [3.8, 4) is 22.5 Å². The van der Waals surface area contributed by atoms with Gasteiger partial charge < -0.3 is 9.88 Å². The van der Waals surface area contributed by atoms with E-state index >= 15 is 0 Å². The van der Waals surface area contributed by atoms with Gasteiger partial charge in [-0.05, 0) is 54.4 Å². The molecule has 3 heterocycles. The number of hydrogen-bond acceptors (Lipinski definition) is 6. The Kier molecular flexibility index (Phi) is 5.28. The summed E-state index contributed by atoms with van der Waals surface area (Å²) in [6, 6.07) is 9.25. The zero-order valence-electron chi connectivity index (χ0n) is 18.3. The molecule has 0 atom stereocenters. The van der Waals surface area contributed by atoms with Crippen LogP contribution in [0, 0.1) is 18.6 Å². The van der Waals surface area contributed by atoms with E-state index in [9.17, 15) is 17.2 Å². The summed E-state index contributed by atoms with van der Waals surface area (Å²) in [5.41, 5.74) is 3.92. The predicted molar refractivity (Wildman–Crippen MR) is 124 cm³/mol.